The van der Waals surface area contributed by atoms with Gasteiger partial charge in [-0.25, -0.2) is 0 Å². The largest absolute Gasteiger partial charge is 0.299 e. The summed E-state index contributed by atoms with van der Waals surface area (Å²) < 4.78 is 0. The molecule has 0 aromatic rings. The maximum Gasteiger partial charge on any atom is 0.137 e. The first kappa shape index (κ1) is 14.2. The molecule has 0 aromatic heterocycles. The second-order valence-electron chi connectivity index (χ2n) is 5.87. The number of fused-ring (bicyclic) bond motifs is 1. The number of rotatable bonds is 0. The van der Waals surface area contributed by atoms with E-state index in [1.54, 1.807) is 0 Å². The molecule has 0 bridgehead atoms. The SMILES string of the molecule is CC.CC1(C)CC(=O)C2CCCCC2(C)P1. The van der Waals surface area contributed by atoms with Crippen LogP contribution in [0, 0.1) is 5.92 Å². The minimum Gasteiger partial charge on any atom is -0.299 e. The highest BCUT2D eigenvalue weighted by atomic mass is 31.1. The molecule has 1 aliphatic heterocycles. The fourth-order valence-electron chi connectivity index (χ4n) is 3.38. The molecule has 2 fully saturated rings. The van der Waals surface area contributed by atoms with E-state index in [0.717, 1.165) is 15.0 Å². The molecule has 1 saturated carbocycles. The van der Waals surface area contributed by atoms with Crippen LogP contribution in [0.3, 0.4) is 0 Å². The van der Waals surface area contributed by atoms with Gasteiger partial charge in [0.1, 0.15) is 5.78 Å². The zero-order chi connectivity index (χ0) is 12.4. The van der Waals surface area contributed by atoms with Gasteiger partial charge < -0.3 is 0 Å². The minimum absolute atomic E-state index is 0.277. The van der Waals surface area contributed by atoms with Crippen LogP contribution in [0.4, 0.5) is 0 Å². The van der Waals surface area contributed by atoms with Gasteiger partial charge in [0.2, 0.25) is 0 Å². The topological polar surface area (TPSA) is 17.1 Å². The third-order valence-electron chi connectivity index (χ3n) is 3.84. The van der Waals surface area contributed by atoms with Crippen molar-refractivity contribution in [2.45, 2.75) is 77.0 Å². The molecule has 0 amide bonds. The number of hydrogen-bond donors (Lipinski definition) is 0. The van der Waals surface area contributed by atoms with Crippen molar-refractivity contribution in [1.29, 1.82) is 0 Å². The summed E-state index contributed by atoms with van der Waals surface area (Å²) in [6.07, 6.45) is 5.88. The van der Waals surface area contributed by atoms with E-state index in [1.807, 2.05) is 13.8 Å². The molecule has 16 heavy (non-hydrogen) atoms. The molecule has 0 N–H and O–H groups in total. The summed E-state index contributed by atoms with van der Waals surface area (Å²) in [5, 5.41) is 0.636. The Hall–Kier alpha value is 0.100. The summed E-state index contributed by atoms with van der Waals surface area (Å²) in [5.41, 5.74) is 0. The van der Waals surface area contributed by atoms with Crippen molar-refractivity contribution in [2.75, 3.05) is 0 Å². The number of hydrogen-bond acceptors (Lipinski definition) is 1. The van der Waals surface area contributed by atoms with Crippen molar-refractivity contribution in [3.63, 3.8) is 0 Å². The molecule has 2 heteroatoms. The molecular weight excluding hydrogens is 215 g/mol. The zero-order valence-electron chi connectivity index (χ0n) is 11.5. The zero-order valence-corrected chi connectivity index (χ0v) is 12.5. The van der Waals surface area contributed by atoms with Gasteiger partial charge in [0.25, 0.3) is 0 Å². The minimum atomic E-state index is 0.277. The monoisotopic (exact) mass is 242 g/mol. The highest BCUT2D eigenvalue weighted by Gasteiger charge is 2.48. The molecule has 1 saturated heterocycles. The lowest BCUT2D eigenvalue weighted by Crippen LogP contribution is -2.47. The van der Waals surface area contributed by atoms with Crippen molar-refractivity contribution >= 4 is 14.4 Å². The fraction of sp³-hybridized carbons (Fsp3) is 0.929. The predicted molar refractivity (Wildman–Crippen MR) is 73.7 cm³/mol. The van der Waals surface area contributed by atoms with Crippen LogP contribution < -0.4 is 0 Å². The van der Waals surface area contributed by atoms with E-state index in [-0.39, 0.29) is 5.16 Å². The second-order valence-corrected chi connectivity index (χ2v) is 8.61. The lowest BCUT2D eigenvalue weighted by atomic mass is 9.75. The normalized spacial score (nSPS) is 38.6. The highest BCUT2D eigenvalue weighted by molar-refractivity contribution is 7.42. The Morgan fingerprint density at radius 3 is 2.44 bits per heavy atom. The Labute approximate surface area is 103 Å². The van der Waals surface area contributed by atoms with E-state index >= 15 is 0 Å². The lowest BCUT2D eigenvalue weighted by Gasteiger charge is -2.50. The standard InChI is InChI=1S/C12H21OP.C2H6/c1-11(2)8-10(13)9-6-4-5-7-12(9,3)14-11;1-2/h9,14H,4-8H2,1-3H3;1-2H3. The Kier molecular flexibility index (Phi) is 4.57. The van der Waals surface area contributed by atoms with E-state index in [4.69, 9.17) is 0 Å². The smallest absolute Gasteiger partial charge is 0.137 e. The van der Waals surface area contributed by atoms with Gasteiger partial charge in [-0.2, -0.15) is 0 Å². The van der Waals surface area contributed by atoms with Gasteiger partial charge in [0.15, 0.2) is 0 Å². The van der Waals surface area contributed by atoms with Crippen molar-refractivity contribution in [3.05, 3.63) is 0 Å². The number of ketones is 1. The van der Waals surface area contributed by atoms with Crippen LogP contribution in [0.5, 0.6) is 0 Å². The average Bonchev–Trinajstić information content (AvgIpc) is 2.17. The average molecular weight is 242 g/mol. The summed E-state index contributed by atoms with van der Waals surface area (Å²) in [6, 6.07) is 0. The first-order valence-corrected chi connectivity index (χ1v) is 7.75. The van der Waals surface area contributed by atoms with Crippen molar-refractivity contribution in [1.82, 2.24) is 0 Å². The quantitative estimate of drug-likeness (QED) is 0.576. The molecule has 3 atom stereocenters. The Morgan fingerprint density at radius 1 is 1.19 bits per heavy atom. The van der Waals surface area contributed by atoms with E-state index < -0.39 is 0 Å². The number of carbonyl (C=O) groups excluding carboxylic acids is 1. The molecule has 3 unspecified atom stereocenters. The van der Waals surface area contributed by atoms with E-state index in [2.05, 4.69) is 20.8 Å². The van der Waals surface area contributed by atoms with Crippen LogP contribution in [0.2, 0.25) is 0 Å². The molecule has 1 aliphatic carbocycles. The van der Waals surface area contributed by atoms with Gasteiger partial charge in [-0.3, -0.25) is 4.79 Å². The van der Waals surface area contributed by atoms with Crippen LogP contribution in [0.15, 0.2) is 0 Å². The Bertz CT molecular complexity index is 259. The molecule has 94 valence electrons. The predicted octanol–water partition coefficient (Wildman–Crippen LogP) is 4.39. The molecule has 0 spiro atoms. The third-order valence-corrected chi connectivity index (χ3v) is 5.86. The van der Waals surface area contributed by atoms with Crippen LogP contribution in [-0.2, 0) is 4.79 Å². The van der Waals surface area contributed by atoms with Crippen molar-refractivity contribution in [3.8, 4) is 0 Å². The molecule has 1 nitrogen and oxygen atoms in total. The summed E-state index contributed by atoms with van der Waals surface area (Å²) in [7, 11) is 0.976. The van der Waals surface area contributed by atoms with Gasteiger partial charge in [-0.1, -0.05) is 47.5 Å². The van der Waals surface area contributed by atoms with Crippen LogP contribution in [-0.4, -0.2) is 16.1 Å². The van der Waals surface area contributed by atoms with E-state index in [9.17, 15) is 4.79 Å². The fourth-order valence-corrected chi connectivity index (χ4v) is 5.97. The molecular formula is C14H27OP. The van der Waals surface area contributed by atoms with Gasteiger partial charge in [0, 0.05) is 12.3 Å². The van der Waals surface area contributed by atoms with Crippen molar-refractivity contribution in [2.24, 2.45) is 5.92 Å². The first-order valence-electron chi connectivity index (χ1n) is 6.75. The maximum absolute atomic E-state index is 12.1. The van der Waals surface area contributed by atoms with Crippen molar-refractivity contribution < 1.29 is 4.79 Å². The van der Waals surface area contributed by atoms with Gasteiger partial charge in [-0.05, 0) is 23.2 Å². The Morgan fingerprint density at radius 2 is 1.81 bits per heavy atom. The molecule has 2 rings (SSSR count). The summed E-state index contributed by atoms with van der Waals surface area (Å²) in [6.45, 7) is 10.9. The van der Waals surface area contributed by atoms with E-state index in [1.165, 1.54) is 25.7 Å². The van der Waals surface area contributed by atoms with Crippen LogP contribution in [0.25, 0.3) is 0 Å². The molecule has 0 radical (unpaired) electrons. The van der Waals surface area contributed by atoms with Crippen LogP contribution in [0.1, 0.15) is 66.7 Å². The molecule has 2 aliphatic rings. The second kappa shape index (κ2) is 5.17. The highest BCUT2D eigenvalue weighted by Crippen LogP contribution is 2.58. The first-order chi connectivity index (χ1) is 7.43. The molecule has 0 aromatic carbocycles. The summed E-state index contributed by atoms with van der Waals surface area (Å²) in [5.74, 6) is 0.957. The molecule has 1 heterocycles. The van der Waals surface area contributed by atoms with Gasteiger partial charge in [-0.15, -0.1) is 8.58 Å². The lowest BCUT2D eigenvalue weighted by molar-refractivity contribution is -0.125. The third kappa shape index (κ3) is 2.86. The summed E-state index contributed by atoms with van der Waals surface area (Å²) in [4.78, 5) is 12.1. The van der Waals surface area contributed by atoms with Crippen LogP contribution >= 0.6 is 8.58 Å². The maximum atomic E-state index is 12.1. The summed E-state index contributed by atoms with van der Waals surface area (Å²) >= 11 is 0. The van der Waals surface area contributed by atoms with Gasteiger partial charge in [0.05, 0.1) is 0 Å². The van der Waals surface area contributed by atoms with Gasteiger partial charge >= 0.3 is 0 Å². The number of Topliss-reactive ketones (excluding diaryl/α,β-unsaturated/α-hetero) is 1. The van der Waals surface area contributed by atoms with E-state index in [0.29, 0.717) is 16.9 Å². The number of carbonyl (C=O) groups is 1. The Balaban J connectivity index is 0.000000606.